The number of carbonyl (C=O) groups is 2. The minimum atomic E-state index is -0.162. The number of carbonyl (C=O) groups excluding carboxylic acids is 2. The summed E-state index contributed by atoms with van der Waals surface area (Å²) in [5.41, 5.74) is 3.37. The Balaban J connectivity index is 1.22. The number of amides is 2. The van der Waals surface area contributed by atoms with Crippen molar-refractivity contribution < 1.29 is 14.3 Å². The lowest BCUT2D eigenvalue weighted by Gasteiger charge is -2.26. The third-order valence-electron chi connectivity index (χ3n) is 5.85. The zero-order chi connectivity index (χ0) is 23.6. The summed E-state index contributed by atoms with van der Waals surface area (Å²) in [4.78, 5) is 26.9. The van der Waals surface area contributed by atoms with Gasteiger partial charge in [0, 0.05) is 42.5 Å². The van der Waals surface area contributed by atoms with E-state index in [9.17, 15) is 9.59 Å². The van der Waals surface area contributed by atoms with Crippen LogP contribution in [0.2, 0.25) is 0 Å². The number of nitrogens with zero attached hydrogens (tertiary/aromatic N) is 1. The van der Waals surface area contributed by atoms with Crippen molar-refractivity contribution in [2.45, 2.75) is 25.7 Å². The van der Waals surface area contributed by atoms with E-state index in [1.54, 1.807) is 24.3 Å². The molecule has 6 heteroatoms. The van der Waals surface area contributed by atoms with E-state index in [4.69, 9.17) is 4.74 Å². The van der Waals surface area contributed by atoms with Crippen LogP contribution < -0.4 is 15.4 Å². The molecule has 3 aromatic carbocycles. The molecule has 1 heterocycles. The second-order valence-electron chi connectivity index (χ2n) is 8.44. The minimum absolute atomic E-state index is 0.0603. The number of benzene rings is 3. The Bertz CT molecular complexity index is 1080. The van der Waals surface area contributed by atoms with Gasteiger partial charge in [0.15, 0.2) is 0 Å². The van der Waals surface area contributed by atoms with E-state index in [0.29, 0.717) is 17.9 Å². The van der Waals surface area contributed by atoms with Crippen molar-refractivity contribution in [3.05, 3.63) is 90.0 Å². The third-order valence-corrected chi connectivity index (χ3v) is 5.85. The Kier molecular flexibility index (Phi) is 8.17. The maximum atomic E-state index is 12.6. The number of hydrogen-bond acceptors (Lipinski definition) is 4. The summed E-state index contributed by atoms with van der Waals surface area (Å²) in [5, 5.41) is 6.00. The summed E-state index contributed by atoms with van der Waals surface area (Å²) >= 11 is 0. The van der Waals surface area contributed by atoms with Crippen molar-refractivity contribution in [3.63, 3.8) is 0 Å². The summed E-state index contributed by atoms with van der Waals surface area (Å²) in [5.74, 6) is 0.658. The molecule has 1 aliphatic heterocycles. The molecular weight excluding hydrogens is 426 g/mol. The smallest absolute Gasteiger partial charge is 0.253 e. The van der Waals surface area contributed by atoms with Gasteiger partial charge in [0.25, 0.3) is 5.91 Å². The third kappa shape index (κ3) is 6.85. The highest BCUT2D eigenvalue weighted by Gasteiger charge is 2.18. The standard InChI is InChI=1S/C28H31N3O3/c32-27(30-24-14-12-23(13-15-24)28(33)31-17-5-2-6-18-31)21-29-25-10-7-11-26(20-25)34-19-16-22-8-3-1-4-9-22/h1,3-4,7-15,20,29H,2,5-6,16-19,21H2,(H,30,32). The molecule has 0 bridgehead atoms. The highest BCUT2D eigenvalue weighted by atomic mass is 16.5. The number of hydrogen-bond donors (Lipinski definition) is 2. The Morgan fingerprint density at radius 2 is 1.59 bits per heavy atom. The molecule has 2 N–H and O–H groups in total. The quantitative estimate of drug-likeness (QED) is 0.475. The van der Waals surface area contributed by atoms with Gasteiger partial charge in [-0.1, -0.05) is 36.4 Å². The fourth-order valence-electron chi connectivity index (χ4n) is 3.99. The molecule has 176 valence electrons. The molecule has 0 spiro atoms. The van der Waals surface area contributed by atoms with E-state index in [0.717, 1.165) is 43.8 Å². The van der Waals surface area contributed by atoms with E-state index in [-0.39, 0.29) is 18.4 Å². The molecular formula is C28H31N3O3. The summed E-state index contributed by atoms with van der Waals surface area (Å²) < 4.78 is 5.86. The predicted octanol–water partition coefficient (Wildman–Crippen LogP) is 4.98. The molecule has 0 radical (unpaired) electrons. The molecule has 4 rings (SSSR count). The Labute approximate surface area is 200 Å². The maximum Gasteiger partial charge on any atom is 0.253 e. The van der Waals surface area contributed by atoms with E-state index in [1.807, 2.05) is 47.4 Å². The van der Waals surface area contributed by atoms with Crippen molar-refractivity contribution >= 4 is 23.2 Å². The maximum absolute atomic E-state index is 12.6. The minimum Gasteiger partial charge on any atom is -0.493 e. The van der Waals surface area contributed by atoms with Gasteiger partial charge in [-0.25, -0.2) is 0 Å². The van der Waals surface area contributed by atoms with Gasteiger partial charge < -0.3 is 20.3 Å². The summed E-state index contributed by atoms with van der Waals surface area (Å²) in [6.45, 7) is 2.36. The molecule has 0 saturated carbocycles. The second-order valence-corrected chi connectivity index (χ2v) is 8.44. The van der Waals surface area contributed by atoms with Gasteiger partial charge in [0.2, 0.25) is 5.91 Å². The van der Waals surface area contributed by atoms with Gasteiger partial charge in [-0.3, -0.25) is 9.59 Å². The largest absolute Gasteiger partial charge is 0.493 e. The van der Waals surface area contributed by atoms with Crippen LogP contribution in [0.25, 0.3) is 0 Å². The highest BCUT2D eigenvalue weighted by molar-refractivity contribution is 5.96. The predicted molar refractivity (Wildman–Crippen MR) is 135 cm³/mol. The lowest BCUT2D eigenvalue weighted by molar-refractivity contribution is -0.114. The van der Waals surface area contributed by atoms with Gasteiger partial charge >= 0.3 is 0 Å². The first kappa shape index (κ1) is 23.4. The summed E-state index contributed by atoms with van der Waals surface area (Å²) in [6, 6.07) is 24.9. The van der Waals surface area contributed by atoms with E-state index < -0.39 is 0 Å². The molecule has 2 amide bonds. The molecule has 0 aromatic heterocycles. The van der Waals surface area contributed by atoms with Crippen LogP contribution in [0.1, 0.15) is 35.2 Å². The molecule has 34 heavy (non-hydrogen) atoms. The van der Waals surface area contributed by atoms with Crippen LogP contribution in [-0.4, -0.2) is 43.0 Å². The molecule has 1 aliphatic rings. The van der Waals surface area contributed by atoms with Crippen molar-refractivity contribution in [1.82, 2.24) is 4.90 Å². The number of ether oxygens (including phenoxy) is 1. The van der Waals surface area contributed by atoms with Gasteiger partial charge in [-0.05, 0) is 61.2 Å². The number of piperidine rings is 1. The number of nitrogens with one attached hydrogen (secondary N) is 2. The zero-order valence-electron chi connectivity index (χ0n) is 19.3. The van der Waals surface area contributed by atoms with Crippen LogP contribution in [0.5, 0.6) is 5.75 Å². The number of anilines is 2. The lowest BCUT2D eigenvalue weighted by Crippen LogP contribution is -2.35. The first-order valence-corrected chi connectivity index (χ1v) is 11.9. The van der Waals surface area contributed by atoms with E-state index in [2.05, 4.69) is 22.8 Å². The topological polar surface area (TPSA) is 70.7 Å². The van der Waals surface area contributed by atoms with Crippen molar-refractivity contribution in [1.29, 1.82) is 0 Å². The van der Waals surface area contributed by atoms with Crippen molar-refractivity contribution in [2.24, 2.45) is 0 Å². The van der Waals surface area contributed by atoms with E-state index >= 15 is 0 Å². The molecule has 3 aromatic rings. The average Bonchev–Trinajstić information content (AvgIpc) is 2.89. The lowest BCUT2D eigenvalue weighted by atomic mass is 10.1. The molecule has 1 saturated heterocycles. The Morgan fingerprint density at radius 3 is 2.35 bits per heavy atom. The molecule has 1 fully saturated rings. The first-order valence-electron chi connectivity index (χ1n) is 11.9. The first-order chi connectivity index (χ1) is 16.7. The molecule has 0 atom stereocenters. The fraction of sp³-hybridized carbons (Fsp3) is 0.286. The number of likely N-dealkylation sites (tertiary alicyclic amines) is 1. The van der Waals surface area contributed by atoms with Crippen LogP contribution in [0.15, 0.2) is 78.9 Å². The fourth-order valence-corrected chi connectivity index (χ4v) is 3.99. The normalized spacial score (nSPS) is 13.2. The highest BCUT2D eigenvalue weighted by Crippen LogP contribution is 2.18. The zero-order valence-corrected chi connectivity index (χ0v) is 19.3. The molecule has 0 aliphatic carbocycles. The van der Waals surface area contributed by atoms with Gasteiger partial charge in [0.05, 0.1) is 13.2 Å². The Morgan fingerprint density at radius 1 is 0.824 bits per heavy atom. The number of rotatable bonds is 9. The van der Waals surface area contributed by atoms with Gasteiger partial charge in [-0.15, -0.1) is 0 Å². The van der Waals surface area contributed by atoms with Crippen LogP contribution in [0.4, 0.5) is 11.4 Å². The molecule has 0 unspecified atom stereocenters. The summed E-state index contributed by atoms with van der Waals surface area (Å²) in [6.07, 6.45) is 4.16. The summed E-state index contributed by atoms with van der Waals surface area (Å²) in [7, 11) is 0. The van der Waals surface area contributed by atoms with Crippen molar-refractivity contribution in [2.75, 3.05) is 36.9 Å². The molecule has 6 nitrogen and oxygen atoms in total. The SMILES string of the molecule is O=C(CNc1cccc(OCCc2ccccc2)c1)Nc1ccc(C(=O)N2CCCCC2)cc1. The van der Waals surface area contributed by atoms with Crippen molar-refractivity contribution in [3.8, 4) is 5.75 Å². The van der Waals surface area contributed by atoms with Crippen LogP contribution in [0, 0.1) is 0 Å². The second kappa shape index (κ2) is 11.9. The Hall–Kier alpha value is -3.80. The van der Waals surface area contributed by atoms with Gasteiger partial charge in [0.1, 0.15) is 5.75 Å². The van der Waals surface area contributed by atoms with Crippen LogP contribution >= 0.6 is 0 Å². The average molecular weight is 458 g/mol. The van der Waals surface area contributed by atoms with Crippen LogP contribution in [0.3, 0.4) is 0 Å². The monoisotopic (exact) mass is 457 g/mol. The van der Waals surface area contributed by atoms with Gasteiger partial charge in [-0.2, -0.15) is 0 Å². The van der Waals surface area contributed by atoms with E-state index in [1.165, 1.54) is 12.0 Å². The van der Waals surface area contributed by atoms with Crippen LogP contribution in [-0.2, 0) is 11.2 Å².